The molecule has 0 unspecified atom stereocenters. The number of amides is 5. The maximum absolute atomic E-state index is 13.6. The Hall–Kier alpha value is -5.26. The van der Waals surface area contributed by atoms with Crippen LogP contribution in [0.2, 0.25) is 0 Å². The highest BCUT2D eigenvalue weighted by molar-refractivity contribution is 6.01. The van der Waals surface area contributed by atoms with Crippen LogP contribution in [0.4, 0.5) is 0 Å². The molecule has 4 rings (SSSR count). The molecule has 0 fully saturated rings. The quantitative estimate of drug-likeness (QED) is 0.248. The molecule has 0 saturated carbocycles. The smallest absolute Gasteiger partial charge is 0.255 e. The van der Waals surface area contributed by atoms with E-state index in [4.69, 9.17) is 4.74 Å². The number of hydrogen-bond donors (Lipinski definition) is 5. The van der Waals surface area contributed by atoms with E-state index in [-0.39, 0.29) is 49.9 Å². The van der Waals surface area contributed by atoms with Gasteiger partial charge in [0.15, 0.2) is 0 Å². The molecule has 12 heteroatoms. The highest BCUT2D eigenvalue weighted by Gasteiger charge is 2.31. The minimum Gasteiger partial charge on any atom is -0.493 e. The van der Waals surface area contributed by atoms with E-state index in [9.17, 15) is 24.0 Å². The lowest BCUT2D eigenvalue weighted by Crippen LogP contribution is -2.56. The predicted molar refractivity (Wildman–Crippen MR) is 180 cm³/mol. The van der Waals surface area contributed by atoms with Gasteiger partial charge < -0.3 is 31.3 Å². The van der Waals surface area contributed by atoms with Gasteiger partial charge in [0.25, 0.3) is 5.91 Å². The SMILES string of the molecule is CC(C)C[C@H]1NC(=O)C[C@@H](C(=O)NCCc2ccccn2)NC(=O)c2ccccc2OCCCNC(=O)[C@H](Cc2ccccc2)NC1=O. The fourth-order valence-corrected chi connectivity index (χ4v) is 5.27. The van der Waals surface area contributed by atoms with Crippen LogP contribution in [0.25, 0.3) is 0 Å². The number of pyridine rings is 1. The molecular weight excluding hydrogens is 612 g/mol. The third-order valence-corrected chi connectivity index (χ3v) is 7.70. The molecule has 48 heavy (non-hydrogen) atoms. The molecule has 5 amide bonds. The number of nitrogens with one attached hydrogen (secondary N) is 5. The zero-order valence-electron chi connectivity index (χ0n) is 27.4. The minimum atomic E-state index is -1.26. The summed E-state index contributed by atoms with van der Waals surface area (Å²) in [6.45, 7) is 4.51. The Balaban J connectivity index is 1.58. The number of benzene rings is 2. The first-order valence-electron chi connectivity index (χ1n) is 16.3. The highest BCUT2D eigenvalue weighted by Crippen LogP contribution is 2.19. The van der Waals surface area contributed by atoms with Crippen molar-refractivity contribution in [1.29, 1.82) is 0 Å². The van der Waals surface area contributed by atoms with Crippen molar-refractivity contribution in [1.82, 2.24) is 31.6 Å². The van der Waals surface area contributed by atoms with Gasteiger partial charge in [0.1, 0.15) is 23.9 Å². The summed E-state index contributed by atoms with van der Waals surface area (Å²) < 4.78 is 5.89. The first-order chi connectivity index (χ1) is 23.2. The lowest BCUT2D eigenvalue weighted by Gasteiger charge is -2.25. The van der Waals surface area contributed by atoms with Crippen molar-refractivity contribution >= 4 is 29.5 Å². The van der Waals surface area contributed by atoms with Crippen LogP contribution in [0.15, 0.2) is 79.0 Å². The van der Waals surface area contributed by atoms with Crippen LogP contribution >= 0.6 is 0 Å². The molecule has 0 spiro atoms. The fraction of sp³-hybridized carbons (Fsp3) is 0.389. The molecule has 12 nitrogen and oxygen atoms in total. The van der Waals surface area contributed by atoms with Crippen LogP contribution in [0.3, 0.4) is 0 Å². The van der Waals surface area contributed by atoms with Crippen molar-refractivity contribution < 1.29 is 28.7 Å². The van der Waals surface area contributed by atoms with E-state index in [2.05, 4.69) is 31.6 Å². The molecule has 1 aliphatic heterocycles. The first-order valence-corrected chi connectivity index (χ1v) is 16.3. The molecule has 0 saturated heterocycles. The number of rotatable bonds is 8. The molecule has 5 N–H and O–H groups in total. The molecule has 0 bridgehead atoms. The molecule has 0 aliphatic carbocycles. The topological polar surface area (TPSA) is 168 Å². The van der Waals surface area contributed by atoms with Crippen LogP contribution in [0, 0.1) is 5.92 Å². The molecule has 2 heterocycles. The number of hydrogen-bond acceptors (Lipinski definition) is 7. The summed E-state index contributed by atoms with van der Waals surface area (Å²) >= 11 is 0. The van der Waals surface area contributed by atoms with Crippen molar-refractivity contribution in [3.8, 4) is 5.75 Å². The van der Waals surface area contributed by atoms with Crippen LogP contribution < -0.4 is 31.3 Å². The first kappa shape index (κ1) is 35.6. The zero-order chi connectivity index (χ0) is 34.3. The summed E-state index contributed by atoms with van der Waals surface area (Å²) in [5.41, 5.74) is 1.82. The van der Waals surface area contributed by atoms with E-state index < -0.39 is 48.2 Å². The van der Waals surface area contributed by atoms with E-state index >= 15 is 0 Å². The van der Waals surface area contributed by atoms with Gasteiger partial charge in [0, 0.05) is 37.8 Å². The standard InChI is InChI=1S/C36H44N6O6/c1-24(2)21-28-36(47)42-29(22-25-11-4-3-5-12-25)34(45)38-18-10-20-48-31-15-7-6-14-27(31)33(44)41-30(23-32(43)40-28)35(46)39-19-16-26-13-8-9-17-37-26/h3-9,11-15,17,24,28-30H,10,16,18-23H2,1-2H3,(H,38,45)(H,39,46)(H,40,43)(H,41,44)(H,42,47)/t28-,29+,30+/m1/s1. The fourth-order valence-electron chi connectivity index (χ4n) is 5.27. The number of aromatic nitrogens is 1. The Morgan fingerprint density at radius 3 is 2.40 bits per heavy atom. The third-order valence-electron chi connectivity index (χ3n) is 7.70. The van der Waals surface area contributed by atoms with Gasteiger partial charge in [-0.1, -0.05) is 62.4 Å². The van der Waals surface area contributed by atoms with E-state index in [1.807, 2.05) is 56.3 Å². The van der Waals surface area contributed by atoms with Gasteiger partial charge in [-0.05, 0) is 48.6 Å². The van der Waals surface area contributed by atoms with Crippen LogP contribution in [-0.4, -0.2) is 72.3 Å². The Morgan fingerprint density at radius 2 is 1.65 bits per heavy atom. The largest absolute Gasteiger partial charge is 0.493 e. The lowest BCUT2D eigenvalue weighted by molar-refractivity contribution is -0.133. The van der Waals surface area contributed by atoms with Gasteiger partial charge >= 0.3 is 0 Å². The second-order valence-electron chi connectivity index (χ2n) is 12.1. The Morgan fingerprint density at radius 1 is 0.896 bits per heavy atom. The predicted octanol–water partition coefficient (Wildman–Crippen LogP) is 2.09. The van der Waals surface area contributed by atoms with Gasteiger partial charge in [-0.25, -0.2) is 0 Å². The van der Waals surface area contributed by atoms with Crippen molar-refractivity contribution in [2.24, 2.45) is 5.92 Å². The molecular formula is C36H44N6O6. The molecule has 0 radical (unpaired) electrons. The minimum absolute atomic E-state index is 0.0159. The summed E-state index contributed by atoms with van der Waals surface area (Å²) in [6, 6.07) is 18.3. The molecule has 2 aromatic carbocycles. The molecule has 1 aromatic heterocycles. The number of nitrogens with zero attached hydrogens (tertiary/aromatic N) is 1. The Bertz CT molecular complexity index is 1530. The van der Waals surface area contributed by atoms with E-state index in [1.165, 1.54) is 0 Å². The van der Waals surface area contributed by atoms with Gasteiger partial charge in [0.2, 0.25) is 23.6 Å². The average molecular weight is 657 g/mol. The lowest BCUT2D eigenvalue weighted by atomic mass is 10.0. The van der Waals surface area contributed by atoms with Gasteiger partial charge in [0.05, 0.1) is 18.6 Å². The molecule has 1 aliphatic rings. The van der Waals surface area contributed by atoms with Crippen LogP contribution in [0.1, 0.15) is 54.7 Å². The van der Waals surface area contributed by atoms with Gasteiger partial charge in [-0.15, -0.1) is 0 Å². The van der Waals surface area contributed by atoms with Gasteiger partial charge in [-0.3, -0.25) is 29.0 Å². The molecule has 3 aromatic rings. The summed E-state index contributed by atoms with van der Waals surface area (Å²) in [6.07, 6.45) is 2.64. The van der Waals surface area contributed by atoms with Crippen LogP contribution in [0.5, 0.6) is 5.75 Å². The summed E-state index contributed by atoms with van der Waals surface area (Å²) in [7, 11) is 0. The van der Waals surface area contributed by atoms with E-state index in [1.54, 1.807) is 36.5 Å². The molecule has 3 atom stereocenters. The maximum atomic E-state index is 13.6. The monoisotopic (exact) mass is 656 g/mol. The Kier molecular flexibility index (Phi) is 13.5. The second-order valence-corrected chi connectivity index (χ2v) is 12.1. The summed E-state index contributed by atoms with van der Waals surface area (Å²) in [5, 5.41) is 14.0. The summed E-state index contributed by atoms with van der Waals surface area (Å²) in [5.74, 6) is -2.35. The van der Waals surface area contributed by atoms with Gasteiger partial charge in [-0.2, -0.15) is 0 Å². The second kappa shape index (κ2) is 18.2. The van der Waals surface area contributed by atoms with Crippen molar-refractivity contribution in [3.05, 3.63) is 95.8 Å². The van der Waals surface area contributed by atoms with E-state index in [0.717, 1.165) is 11.3 Å². The number of ether oxygens (including phenoxy) is 1. The zero-order valence-corrected chi connectivity index (χ0v) is 27.4. The van der Waals surface area contributed by atoms with E-state index in [0.29, 0.717) is 18.6 Å². The number of fused-ring (bicyclic) bond motifs is 1. The average Bonchev–Trinajstić information content (AvgIpc) is 3.07. The van der Waals surface area contributed by atoms with Crippen molar-refractivity contribution in [2.45, 2.75) is 64.1 Å². The van der Waals surface area contributed by atoms with Crippen LogP contribution in [-0.2, 0) is 32.0 Å². The normalized spacial score (nSPS) is 19.7. The maximum Gasteiger partial charge on any atom is 0.255 e. The Labute approximate surface area is 280 Å². The number of carbonyl (C=O) groups is 5. The van der Waals surface area contributed by atoms with Crippen molar-refractivity contribution in [3.63, 3.8) is 0 Å². The summed E-state index contributed by atoms with van der Waals surface area (Å²) in [4.78, 5) is 71.6. The molecule has 254 valence electrons. The van der Waals surface area contributed by atoms with Crippen molar-refractivity contribution in [2.75, 3.05) is 19.7 Å². The highest BCUT2D eigenvalue weighted by atomic mass is 16.5. The third kappa shape index (κ3) is 11.2. The number of para-hydroxylation sites is 1. The number of carbonyl (C=O) groups excluding carboxylic acids is 5.